The van der Waals surface area contributed by atoms with Crippen LogP contribution in [-0.4, -0.2) is 40.5 Å². The highest BCUT2D eigenvalue weighted by Gasteiger charge is 2.23. The van der Waals surface area contributed by atoms with Crippen LogP contribution < -0.4 is 16.4 Å². The van der Waals surface area contributed by atoms with Gasteiger partial charge in [-0.25, -0.2) is 9.59 Å². The van der Waals surface area contributed by atoms with Gasteiger partial charge < -0.3 is 31.3 Å². The number of para-hydroxylation sites is 1. The molecule has 0 aliphatic carbocycles. The summed E-state index contributed by atoms with van der Waals surface area (Å²) in [6.45, 7) is 3.89. The van der Waals surface area contributed by atoms with Crippen molar-refractivity contribution in [1.82, 2.24) is 10.3 Å². The second-order valence-corrected chi connectivity index (χ2v) is 6.64. The summed E-state index contributed by atoms with van der Waals surface area (Å²) < 4.78 is 0. The number of aromatic nitrogens is 1. The van der Waals surface area contributed by atoms with Crippen LogP contribution in [0.4, 0.5) is 10.6 Å². The van der Waals surface area contributed by atoms with Crippen LogP contribution in [0.15, 0.2) is 24.3 Å². The summed E-state index contributed by atoms with van der Waals surface area (Å²) in [5.74, 6) is -0.237. The first kappa shape index (κ1) is 19.3. The molecule has 0 spiro atoms. The van der Waals surface area contributed by atoms with Gasteiger partial charge in [0, 0.05) is 22.9 Å². The molecule has 26 heavy (non-hydrogen) atoms. The van der Waals surface area contributed by atoms with Crippen LogP contribution in [0.2, 0.25) is 0 Å². The molecule has 0 aliphatic heterocycles. The van der Waals surface area contributed by atoms with Crippen molar-refractivity contribution >= 4 is 35.0 Å². The number of aldehydes is 1. The Morgan fingerprint density at radius 2 is 2.00 bits per heavy atom. The lowest BCUT2D eigenvalue weighted by Crippen LogP contribution is -2.41. The largest absolute Gasteiger partial charge is 0.480 e. The maximum Gasteiger partial charge on any atom is 0.326 e. The number of nitrogens with one attached hydrogen (secondary N) is 3. The van der Waals surface area contributed by atoms with Gasteiger partial charge in [0.2, 0.25) is 0 Å². The Morgan fingerprint density at radius 3 is 2.58 bits per heavy atom. The Labute approximate surface area is 151 Å². The zero-order chi connectivity index (χ0) is 19.3. The highest BCUT2D eigenvalue weighted by Crippen LogP contribution is 2.28. The fourth-order valence-electron chi connectivity index (χ4n) is 2.94. The van der Waals surface area contributed by atoms with Crippen molar-refractivity contribution in [2.24, 2.45) is 11.7 Å². The number of hydrogen-bond acceptors (Lipinski definition) is 4. The zero-order valence-electron chi connectivity index (χ0n) is 14.8. The summed E-state index contributed by atoms with van der Waals surface area (Å²) in [6.07, 6.45) is 1.24. The lowest BCUT2D eigenvalue weighted by molar-refractivity contribution is -0.138. The topological polar surface area (TPSA) is 137 Å². The summed E-state index contributed by atoms with van der Waals surface area (Å²) in [5, 5.41) is 15.8. The van der Waals surface area contributed by atoms with E-state index in [1.807, 2.05) is 38.1 Å². The van der Waals surface area contributed by atoms with E-state index in [0.29, 0.717) is 18.5 Å². The summed E-state index contributed by atoms with van der Waals surface area (Å²) in [4.78, 5) is 37.1. The minimum Gasteiger partial charge on any atom is -0.480 e. The first-order chi connectivity index (χ1) is 12.3. The smallest absolute Gasteiger partial charge is 0.326 e. The first-order valence-electron chi connectivity index (χ1n) is 8.42. The van der Waals surface area contributed by atoms with Crippen molar-refractivity contribution in [3.63, 3.8) is 0 Å². The van der Waals surface area contributed by atoms with Crippen molar-refractivity contribution in [2.45, 2.75) is 38.8 Å². The van der Waals surface area contributed by atoms with E-state index in [4.69, 9.17) is 5.73 Å². The standard InChI is InChI=1S/C18H24N4O4/c1-10(2)7-15(17(24)25)22-16-13(8-11(9-23)20-18(19)26)12-5-3-4-6-14(12)21-16/h3-6,9-11,15,21-22H,7-8H2,1-2H3,(H,24,25)(H3,19,20,26)/t11-,15-/m0/s1. The molecule has 0 saturated carbocycles. The van der Waals surface area contributed by atoms with Gasteiger partial charge in [-0.15, -0.1) is 0 Å². The predicted octanol–water partition coefficient (Wildman–Crippen LogP) is 1.86. The molecule has 8 nitrogen and oxygen atoms in total. The number of nitrogens with two attached hydrogens (primary N) is 1. The van der Waals surface area contributed by atoms with E-state index in [0.717, 1.165) is 16.5 Å². The fraction of sp³-hybridized carbons (Fsp3) is 0.389. The zero-order valence-corrected chi connectivity index (χ0v) is 14.8. The number of fused-ring (bicyclic) bond motifs is 1. The monoisotopic (exact) mass is 360 g/mol. The normalized spacial score (nSPS) is 13.3. The van der Waals surface area contributed by atoms with Gasteiger partial charge in [-0.3, -0.25) is 0 Å². The maximum absolute atomic E-state index is 11.6. The first-order valence-corrected chi connectivity index (χ1v) is 8.42. The number of hydrogen-bond donors (Lipinski definition) is 5. The number of rotatable bonds is 9. The average molecular weight is 360 g/mol. The van der Waals surface area contributed by atoms with E-state index >= 15 is 0 Å². The van der Waals surface area contributed by atoms with Crippen LogP contribution in [0.25, 0.3) is 10.9 Å². The summed E-state index contributed by atoms with van der Waals surface area (Å²) in [5.41, 5.74) is 6.65. The second kappa shape index (κ2) is 8.37. The predicted molar refractivity (Wildman–Crippen MR) is 99.1 cm³/mol. The number of H-pyrrole nitrogens is 1. The third kappa shape index (κ3) is 4.75. The van der Waals surface area contributed by atoms with E-state index in [-0.39, 0.29) is 12.3 Å². The fourth-order valence-corrected chi connectivity index (χ4v) is 2.94. The van der Waals surface area contributed by atoms with Crippen LogP contribution in [0, 0.1) is 5.92 Å². The number of benzene rings is 1. The average Bonchev–Trinajstić information content (AvgIpc) is 2.90. The molecule has 140 valence electrons. The molecule has 2 aromatic rings. The molecular weight excluding hydrogens is 336 g/mol. The van der Waals surface area contributed by atoms with Gasteiger partial charge >= 0.3 is 12.0 Å². The van der Waals surface area contributed by atoms with Gasteiger partial charge in [-0.2, -0.15) is 0 Å². The molecule has 2 rings (SSSR count). The van der Waals surface area contributed by atoms with Crippen molar-refractivity contribution in [1.29, 1.82) is 0 Å². The Kier molecular flexibility index (Phi) is 6.21. The molecule has 1 heterocycles. The highest BCUT2D eigenvalue weighted by molar-refractivity contribution is 5.90. The quantitative estimate of drug-likeness (QED) is 0.435. The van der Waals surface area contributed by atoms with E-state index < -0.39 is 24.1 Å². The molecule has 0 unspecified atom stereocenters. The molecule has 0 aliphatic rings. The number of carboxylic acids is 1. The van der Waals surface area contributed by atoms with E-state index in [2.05, 4.69) is 15.6 Å². The molecule has 0 saturated heterocycles. The van der Waals surface area contributed by atoms with Gasteiger partial charge in [0.05, 0.1) is 6.04 Å². The Balaban J connectivity index is 2.40. The van der Waals surface area contributed by atoms with Gasteiger partial charge in [-0.05, 0) is 18.4 Å². The molecule has 1 aromatic heterocycles. The van der Waals surface area contributed by atoms with Crippen molar-refractivity contribution < 1.29 is 19.5 Å². The van der Waals surface area contributed by atoms with Gasteiger partial charge in [0.1, 0.15) is 18.1 Å². The lowest BCUT2D eigenvalue weighted by Gasteiger charge is -2.19. The van der Waals surface area contributed by atoms with Crippen LogP contribution in [0.3, 0.4) is 0 Å². The third-order valence-electron chi connectivity index (χ3n) is 4.05. The number of aliphatic carboxylic acids is 1. The minimum atomic E-state index is -0.953. The van der Waals surface area contributed by atoms with Gasteiger partial charge in [-0.1, -0.05) is 32.0 Å². The molecule has 0 bridgehead atoms. The molecule has 2 amide bonds. The van der Waals surface area contributed by atoms with Crippen LogP contribution >= 0.6 is 0 Å². The lowest BCUT2D eigenvalue weighted by atomic mass is 10.0. The highest BCUT2D eigenvalue weighted by atomic mass is 16.4. The molecule has 1 aromatic carbocycles. The second-order valence-electron chi connectivity index (χ2n) is 6.64. The molecule has 8 heteroatoms. The Morgan fingerprint density at radius 1 is 1.31 bits per heavy atom. The van der Waals surface area contributed by atoms with Crippen molar-refractivity contribution in [2.75, 3.05) is 5.32 Å². The summed E-state index contributed by atoms with van der Waals surface area (Å²) in [6, 6.07) is 5.06. The SMILES string of the molecule is CC(C)C[C@H](Nc1[nH]c2ccccc2c1C[C@@H](C=O)NC(N)=O)C(=O)O. The van der Waals surface area contributed by atoms with Gasteiger partial charge in [0.15, 0.2) is 0 Å². The number of anilines is 1. The number of primary amides is 1. The summed E-state index contributed by atoms with van der Waals surface area (Å²) >= 11 is 0. The van der Waals surface area contributed by atoms with Gasteiger partial charge in [0.25, 0.3) is 0 Å². The molecule has 6 N–H and O–H groups in total. The minimum absolute atomic E-state index is 0.187. The number of carbonyl (C=O) groups is 3. The number of urea groups is 1. The molecule has 0 fully saturated rings. The van der Waals surface area contributed by atoms with Crippen molar-refractivity contribution in [3.05, 3.63) is 29.8 Å². The third-order valence-corrected chi connectivity index (χ3v) is 4.05. The molecular formula is C18H24N4O4. The number of amides is 2. The maximum atomic E-state index is 11.6. The Bertz CT molecular complexity index is 800. The van der Waals surface area contributed by atoms with E-state index in [1.54, 1.807) is 0 Å². The van der Waals surface area contributed by atoms with Crippen molar-refractivity contribution in [3.8, 4) is 0 Å². The van der Waals surface area contributed by atoms with Crippen LogP contribution in [0.1, 0.15) is 25.8 Å². The Hall–Kier alpha value is -3.03. The number of carboxylic acid groups (broad SMARTS) is 1. The molecule has 0 radical (unpaired) electrons. The van der Waals surface area contributed by atoms with Crippen LogP contribution in [0.5, 0.6) is 0 Å². The van der Waals surface area contributed by atoms with Crippen LogP contribution in [-0.2, 0) is 16.0 Å². The molecule has 2 atom stereocenters. The number of aromatic amines is 1. The van der Waals surface area contributed by atoms with E-state index in [1.165, 1.54) is 0 Å². The number of carbonyl (C=O) groups excluding carboxylic acids is 2. The van der Waals surface area contributed by atoms with E-state index in [9.17, 15) is 19.5 Å². The summed E-state index contributed by atoms with van der Waals surface area (Å²) in [7, 11) is 0.